The van der Waals surface area contributed by atoms with E-state index in [0.29, 0.717) is 17.3 Å². The minimum atomic E-state index is -0.459. The molecule has 0 amide bonds. The Hall–Kier alpha value is -1.46. The van der Waals surface area contributed by atoms with Crippen LogP contribution in [-0.4, -0.2) is 14.8 Å². The van der Waals surface area contributed by atoms with E-state index in [1.807, 2.05) is 13.8 Å². The van der Waals surface area contributed by atoms with Crippen LogP contribution >= 0.6 is 11.6 Å². The van der Waals surface area contributed by atoms with Crippen molar-refractivity contribution in [3.8, 4) is 5.69 Å². The molecule has 1 heterocycles. The van der Waals surface area contributed by atoms with Gasteiger partial charge in [0.1, 0.15) is 11.6 Å². The van der Waals surface area contributed by atoms with Crippen LogP contribution in [0.2, 0.25) is 5.02 Å². The Morgan fingerprint density at radius 1 is 1.44 bits per heavy atom. The number of hydrogen-bond donors (Lipinski definition) is 1. The van der Waals surface area contributed by atoms with E-state index in [4.69, 9.17) is 17.3 Å². The summed E-state index contributed by atoms with van der Waals surface area (Å²) in [6, 6.07) is 4.41. The first-order valence-electron chi connectivity index (χ1n) is 5.64. The van der Waals surface area contributed by atoms with E-state index in [2.05, 4.69) is 10.1 Å². The number of hydrogen-bond acceptors (Lipinski definition) is 3. The standard InChI is InChI=1S/C12H14ClFN4/c1-7(2)12-16-11(6-15)18(17-12)8-3-4-10(14)9(13)5-8/h3-5,7H,6,15H2,1-2H3. The van der Waals surface area contributed by atoms with Crippen molar-refractivity contribution < 1.29 is 4.39 Å². The van der Waals surface area contributed by atoms with E-state index in [9.17, 15) is 4.39 Å². The van der Waals surface area contributed by atoms with Gasteiger partial charge in [0.2, 0.25) is 0 Å². The molecule has 0 radical (unpaired) electrons. The second-order valence-corrected chi connectivity index (χ2v) is 4.66. The van der Waals surface area contributed by atoms with Gasteiger partial charge in [-0.25, -0.2) is 14.1 Å². The molecule has 0 fully saturated rings. The highest BCUT2D eigenvalue weighted by molar-refractivity contribution is 6.30. The SMILES string of the molecule is CC(C)c1nc(CN)n(-c2ccc(F)c(Cl)c2)n1. The van der Waals surface area contributed by atoms with Gasteiger partial charge in [0, 0.05) is 5.92 Å². The lowest BCUT2D eigenvalue weighted by Crippen LogP contribution is -2.08. The lowest BCUT2D eigenvalue weighted by Gasteiger charge is -2.05. The maximum absolute atomic E-state index is 13.1. The Bertz CT molecular complexity index is 565. The molecule has 1 aromatic heterocycles. The van der Waals surface area contributed by atoms with Gasteiger partial charge in [-0.1, -0.05) is 25.4 Å². The van der Waals surface area contributed by atoms with Gasteiger partial charge in [-0.2, -0.15) is 5.10 Å². The van der Waals surface area contributed by atoms with Crippen molar-refractivity contribution >= 4 is 11.6 Å². The molecule has 96 valence electrons. The number of nitrogens with two attached hydrogens (primary N) is 1. The largest absolute Gasteiger partial charge is 0.324 e. The zero-order chi connectivity index (χ0) is 13.3. The highest BCUT2D eigenvalue weighted by Gasteiger charge is 2.13. The monoisotopic (exact) mass is 268 g/mol. The normalized spacial score (nSPS) is 11.2. The molecule has 0 atom stereocenters. The third-order valence-corrected chi connectivity index (χ3v) is 2.83. The second-order valence-electron chi connectivity index (χ2n) is 4.26. The fourth-order valence-electron chi connectivity index (χ4n) is 1.56. The molecular formula is C12H14ClFN4. The smallest absolute Gasteiger partial charge is 0.153 e. The van der Waals surface area contributed by atoms with Crippen molar-refractivity contribution in [2.24, 2.45) is 5.73 Å². The van der Waals surface area contributed by atoms with Gasteiger partial charge < -0.3 is 5.73 Å². The number of aromatic nitrogens is 3. The van der Waals surface area contributed by atoms with Gasteiger partial charge in [-0.05, 0) is 18.2 Å². The Balaban J connectivity index is 2.51. The zero-order valence-electron chi connectivity index (χ0n) is 10.2. The van der Waals surface area contributed by atoms with Crippen LogP contribution in [-0.2, 0) is 6.54 Å². The molecule has 0 aliphatic carbocycles. The summed E-state index contributed by atoms with van der Waals surface area (Å²) in [6.45, 7) is 4.25. The summed E-state index contributed by atoms with van der Waals surface area (Å²) in [6.07, 6.45) is 0. The van der Waals surface area contributed by atoms with Crippen LogP contribution in [0.25, 0.3) is 5.69 Å². The van der Waals surface area contributed by atoms with Gasteiger partial charge in [-0.3, -0.25) is 0 Å². The maximum Gasteiger partial charge on any atom is 0.153 e. The van der Waals surface area contributed by atoms with Crippen molar-refractivity contribution in [1.82, 2.24) is 14.8 Å². The number of halogens is 2. The number of benzene rings is 1. The molecule has 1 aromatic carbocycles. The van der Waals surface area contributed by atoms with Crippen LogP contribution in [0, 0.1) is 5.82 Å². The minimum Gasteiger partial charge on any atom is -0.324 e. The second kappa shape index (κ2) is 5.04. The molecule has 0 bridgehead atoms. The summed E-state index contributed by atoms with van der Waals surface area (Å²) in [4.78, 5) is 4.35. The van der Waals surface area contributed by atoms with Crippen molar-refractivity contribution in [3.63, 3.8) is 0 Å². The van der Waals surface area contributed by atoms with Gasteiger partial charge in [0.05, 0.1) is 17.3 Å². The molecule has 0 saturated heterocycles. The van der Waals surface area contributed by atoms with Crippen LogP contribution in [0.1, 0.15) is 31.4 Å². The highest BCUT2D eigenvalue weighted by atomic mass is 35.5. The zero-order valence-corrected chi connectivity index (χ0v) is 10.9. The van der Waals surface area contributed by atoms with Crippen molar-refractivity contribution in [2.75, 3.05) is 0 Å². The molecule has 0 spiro atoms. The topological polar surface area (TPSA) is 56.7 Å². The molecule has 0 aliphatic heterocycles. The predicted molar refractivity (Wildman–Crippen MR) is 68.3 cm³/mol. The van der Waals surface area contributed by atoms with Crippen LogP contribution < -0.4 is 5.73 Å². The molecule has 18 heavy (non-hydrogen) atoms. The van der Waals surface area contributed by atoms with E-state index in [1.165, 1.54) is 12.1 Å². The van der Waals surface area contributed by atoms with E-state index < -0.39 is 5.82 Å². The maximum atomic E-state index is 13.1. The molecule has 0 unspecified atom stereocenters. The Labute approximate surface area is 110 Å². The molecule has 0 aliphatic rings. The van der Waals surface area contributed by atoms with Gasteiger partial charge in [-0.15, -0.1) is 0 Å². The van der Waals surface area contributed by atoms with Crippen LogP contribution in [0.3, 0.4) is 0 Å². The van der Waals surface area contributed by atoms with Crippen molar-refractivity contribution in [1.29, 1.82) is 0 Å². The first-order chi connectivity index (χ1) is 8.52. The van der Waals surface area contributed by atoms with E-state index >= 15 is 0 Å². The van der Waals surface area contributed by atoms with Crippen molar-refractivity contribution in [2.45, 2.75) is 26.3 Å². The average molecular weight is 269 g/mol. The van der Waals surface area contributed by atoms with E-state index in [1.54, 1.807) is 10.7 Å². The lowest BCUT2D eigenvalue weighted by atomic mass is 10.2. The Morgan fingerprint density at radius 3 is 2.72 bits per heavy atom. The van der Waals surface area contributed by atoms with E-state index in [0.717, 1.165) is 0 Å². The molecular weight excluding hydrogens is 255 g/mol. The Morgan fingerprint density at radius 2 is 2.17 bits per heavy atom. The number of nitrogens with zero attached hydrogens (tertiary/aromatic N) is 3. The summed E-state index contributed by atoms with van der Waals surface area (Å²) in [5.74, 6) is 1.07. The third-order valence-electron chi connectivity index (χ3n) is 2.54. The molecule has 2 N–H and O–H groups in total. The molecule has 6 heteroatoms. The third kappa shape index (κ3) is 2.37. The minimum absolute atomic E-state index is 0.0528. The molecule has 4 nitrogen and oxygen atoms in total. The van der Waals surface area contributed by atoms with Crippen LogP contribution in [0.4, 0.5) is 4.39 Å². The lowest BCUT2D eigenvalue weighted by molar-refractivity contribution is 0.627. The Kier molecular flexibility index (Phi) is 3.63. The van der Waals surface area contributed by atoms with Crippen LogP contribution in [0.15, 0.2) is 18.2 Å². The summed E-state index contributed by atoms with van der Waals surface area (Å²) < 4.78 is 14.7. The van der Waals surface area contributed by atoms with E-state index in [-0.39, 0.29) is 17.5 Å². The molecule has 2 rings (SSSR count). The van der Waals surface area contributed by atoms with Gasteiger partial charge >= 0.3 is 0 Å². The van der Waals surface area contributed by atoms with Gasteiger partial charge in [0.25, 0.3) is 0 Å². The summed E-state index contributed by atoms with van der Waals surface area (Å²) in [5.41, 5.74) is 6.29. The number of rotatable bonds is 3. The highest BCUT2D eigenvalue weighted by Crippen LogP contribution is 2.20. The fourth-order valence-corrected chi connectivity index (χ4v) is 1.74. The average Bonchev–Trinajstić information content (AvgIpc) is 2.77. The first-order valence-corrected chi connectivity index (χ1v) is 6.02. The summed E-state index contributed by atoms with van der Waals surface area (Å²) >= 11 is 5.76. The summed E-state index contributed by atoms with van der Waals surface area (Å²) in [7, 11) is 0. The molecule has 0 saturated carbocycles. The van der Waals surface area contributed by atoms with Crippen molar-refractivity contribution in [3.05, 3.63) is 40.7 Å². The summed E-state index contributed by atoms with van der Waals surface area (Å²) in [5, 5.41) is 4.42. The molecule has 2 aromatic rings. The van der Waals surface area contributed by atoms with Crippen LogP contribution in [0.5, 0.6) is 0 Å². The fraction of sp³-hybridized carbons (Fsp3) is 0.333. The first kappa shape index (κ1) is 13.0. The van der Waals surface area contributed by atoms with Gasteiger partial charge in [0.15, 0.2) is 5.82 Å². The quantitative estimate of drug-likeness (QED) is 0.931. The predicted octanol–water partition coefficient (Wildman–Crippen LogP) is 2.64.